The third-order valence-corrected chi connectivity index (χ3v) is 4.35. The highest BCUT2D eigenvalue weighted by Crippen LogP contribution is 2.25. The molecular weight excluding hydrogens is 390 g/mol. The Morgan fingerprint density at radius 2 is 1.57 bits per heavy atom. The summed E-state index contributed by atoms with van der Waals surface area (Å²) in [5.74, 6) is -2.23. The highest BCUT2D eigenvalue weighted by molar-refractivity contribution is 8.00. The molecule has 0 fully saturated rings. The molecule has 28 heavy (non-hydrogen) atoms. The standard InChI is InChI=1S/C16H21N5O6S/c1-8(11(22)20-15(25)17-3)27-14(24)10-6-5-7-19-13(10)28-9(2)12(23)21-16(26)18-4/h5-9H,1-4H3,(H2,17,20,22,25)(H2,18,21,23,26)/t8-,9-/m1/s1. The van der Waals surface area contributed by atoms with Crippen molar-refractivity contribution in [3.63, 3.8) is 0 Å². The number of urea groups is 2. The van der Waals surface area contributed by atoms with Crippen LogP contribution in [-0.4, -0.2) is 60.3 Å². The molecular formula is C16H21N5O6S. The lowest BCUT2D eigenvalue weighted by atomic mass is 10.3. The predicted octanol–water partition coefficient (Wildman–Crippen LogP) is 0.0187. The number of carbonyl (C=O) groups excluding carboxylic acids is 5. The molecule has 0 radical (unpaired) electrons. The molecule has 0 spiro atoms. The predicted molar refractivity (Wildman–Crippen MR) is 99.6 cm³/mol. The first-order valence-corrected chi connectivity index (χ1v) is 8.95. The molecule has 0 aromatic carbocycles. The SMILES string of the molecule is CNC(=O)NC(=O)[C@@H](C)OC(=O)c1cccnc1S[C@H](C)C(=O)NC(=O)NC. The number of aromatic nitrogens is 1. The summed E-state index contributed by atoms with van der Waals surface area (Å²) >= 11 is 0.940. The van der Waals surface area contributed by atoms with Gasteiger partial charge in [0.15, 0.2) is 6.10 Å². The first kappa shape index (κ1) is 22.9. The van der Waals surface area contributed by atoms with Crippen molar-refractivity contribution in [2.45, 2.75) is 30.2 Å². The van der Waals surface area contributed by atoms with Crippen molar-refractivity contribution >= 4 is 41.6 Å². The Morgan fingerprint density at radius 1 is 1.00 bits per heavy atom. The highest BCUT2D eigenvalue weighted by atomic mass is 32.2. The molecule has 0 aliphatic carbocycles. The average Bonchev–Trinajstić information content (AvgIpc) is 2.67. The van der Waals surface area contributed by atoms with E-state index in [1.807, 2.05) is 5.32 Å². The molecule has 2 atom stereocenters. The molecule has 0 saturated carbocycles. The number of nitrogens with one attached hydrogen (secondary N) is 4. The number of hydrogen-bond acceptors (Lipinski definition) is 8. The van der Waals surface area contributed by atoms with Crippen LogP contribution in [0, 0.1) is 0 Å². The number of esters is 1. The van der Waals surface area contributed by atoms with Crippen molar-refractivity contribution in [2.75, 3.05) is 14.1 Å². The molecule has 1 rings (SSSR count). The summed E-state index contributed by atoms with van der Waals surface area (Å²) in [6.45, 7) is 2.84. The smallest absolute Gasteiger partial charge is 0.341 e. The fraction of sp³-hybridized carbons (Fsp3) is 0.375. The zero-order chi connectivity index (χ0) is 21.3. The second-order valence-corrected chi connectivity index (χ2v) is 6.63. The van der Waals surface area contributed by atoms with Crippen molar-refractivity contribution in [3.8, 4) is 0 Å². The summed E-state index contributed by atoms with van der Waals surface area (Å²) in [6.07, 6.45) is 0.182. The normalized spacial score (nSPS) is 12.1. The van der Waals surface area contributed by atoms with Gasteiger partial charge in [-0.05, 0) is 26.0 Å². The topological polar surface area (TPSA) is 156 Å². The van der Waals surface area contributed by atoms with Gasteiger partial charge in [0.2, 0.25) is 5.91 Å². The van der Waals surface area contributed by atoms with Gasteiger partial charge >= 0.3 is 18.0 Å². The van der Waals surface area contributed by atoms with Crippen LogP contribution in [0.1, 0.15) is 24.2 Å². The second kappa shape index (κ2) is 10.9. The quantitative estimate of drug-likeness (QED) is 0.377. The maximum absolute atomic E-state index is 12.4. The monoisotopic (exact) mass is 411 g/mol. The van der Waals surface area contributed by atoms with Crippen LogP contribution in [0.2, 0.25) is 0 Å². The largest absolute Gasteiger partial charge is 0.449 e. The first-order chi connectivity index (χ1) is 13.2. The summed E-state index contributed by atoms with van der Waals surface area (Å²) in [5.41, 5.74) is 0.0340. The third-order valence-electron chi connectivity index (χ3n) is 3.23. The molecule has 152 valence electrons. The lowest BCUT2D eigenvalue weighted by Crippen LogP contribution is -2.43. The van der Waals surface area contributed by atoms with E-state index < -0.39 is 41.2 Å². The van der Waals surface area contributed by atoms with E-state index in [4.69, 9.17) is 4.74 Å². The van der Waals surface area contributed by atoms with Crippen LogP contribution in [0.15, 0.2) is 23.4 Å². The molecule has 1 aromatic rings. The maximum Gasteiger partial charge on any atom is 0.341 e. The molecule has 0 aliphatic rings. The van der Waals surface area contributed by atoms with E-state index in [1.54, 1.807) is 0 Å². The molecule has 12 heteroatoms. The van der Waals surface area contributed by atoms with Crippen LogP contribution < -0.4 is 21.3 Å². The van der Waals surface area contributed by atoms with Gasteiger partial charge in [-0.15, -0.1) is 0 Å². The summed E-state index contributed by atoms with van der Waals surface area (Å²) in [7, 11) is 2.70. The number of nitrogens with zero attached hydrogens (tertiary/aromatic N) is 1. The molecule has 4 N–H and O–H groups in total. The number of imide groups is 2. The Bertz CT molecular complexity index is 772. The van der Waals surface area contributed by atoms with Gasteiger partial charge in [0.1, 0.15) is 5.03 Å². The fourth-order valence-corrected chi connectivity index (χ4v) is 2.59. The van der Waals surface area contributed by atoms with Gasteiger partial charge in [-0.3, -0.25) is 20.2 Å². The van der Waals surface area contributed by atoms with E-state index in [0.29, 0.717) is 0 Å². The summed E-state index contributed by atoms with van der Waals surface area (Å²) in [6, 6.07) is 1.52. The van der Waals surface area contributed by atoms with Crippen molar-refractivity contribution in [3.05, 3.63) is 23.9 Å². The maximum atomic E-state index is 12.4. The molecule has 0 saturated heterocycles. The van der Waals surface area contributed by atoms with Gasteiger partial charge < -0.3 is 15.4 Å². The number of rotatable bonds is 6. The minimum Gasteiger partial charge on any atom is -0.449 e. The summed E-state index contributed by atoms with van der Waals surface area (Å²) in [5, 5.41) is 8.02. The van der Waals surface area contributed by atoms with Gasteiger partial charge in [-0.1, -0.05) is 11.8 Å². The van der Waals surface area contributed by atoms with Crippen LogP contribution in [0.5, 0.6) is 0 Å². The molecule has 1 aromatic heterocycles. The van der Waals surface area contributed by atoms with E-state index in [2.05, 4.69) is 20.9 Å². The van der Waals surface area contributed by atoms with Crippen LogP contribution >= 0.6 is 11.8 Å². The van der Waals surface area contributed by atoms with Crippen molar-refractivity contribution in [2.24, 2.45) is 0 Å². The summed E-state index contributed by atoms with van der Waals surface area (Å²) < 4.78 is 5.06. The van der Waals surface area contributed by atoms with E-state index >= 15 is 0 Å². The van der Waals surface area contributed by atoms with E-state index in [9.17, 15) is 24.0 Å². The highest BCUT2D eigenvalue weighted by Gasteiger charge is 2.25. The van der Waals surface area contributed by atoms with Crippen LogP contribution in [0.3, 0.4) is 0 Å². The molecule has 11 nitrogen and oxygen atoms in total. The van der Waals surface area contributed by atoms with Crippen LogP contribution in [0.4, 0.5) is 9.59 Å². The zero-order valence-corrected chi connectivity index (χ0v) is 16.5. The number of pyridine rings is 1. The molecule has 6 amide bonds. The number of ether oxygens (including phenoxy) is 1. The summed E-state index contributed by atoms with van der Waals surface area (Å²) in [4.78, 5) is 62.6. The Hall–Kier alpha value is -3.15. The Balaban J connectivity index is 2.83. The fourth-order valence-electron chi connectivity index (χ4n) is 1.69. The lowest BCUT2D eigenvalue weighted by molar-refractivity contribution is -0.128. The average molecular weight is 411 g/mol. The van der Waals surface area contributed by atoms with E-state index in [0.717, 1.165) is 11.8 Å². The van der Waals surface area contributed by atoms with Crippen LogP contribution in [-0.2, 0) is 14.3 Å². The Morgan fingerprint density at radius 3 is 2.14 bits per heavy atom. The van der Waals surface area contributed by atoms with Gasteiger partial charge in [0, 0.05) is 20.3 Å². The third kappa shape index (κ3) is 6.87. The second-order valence-electron chi connectivity index (χ2n) is 5.30. The Kier molecular flexibility index (Phi) is 8.88. The van der Waals surface area contributed by atoms with Crippen molar-refractivity contribution in [1.82, 2.24) is 26.3 Å². The zero-order valence-electron chi connectivity index (χ0n) is 15.7. The van der Waals surface area contributed by atoms with Crippen molar-refractivity contribution in [1.29, 1.82) is 0 Å². The molecule has 1 heterocycles. The van der Waals surface area contributed by atoms with E-state index in [-0.39, 0.29) is 10.6 Å². The number of thioether (sulfide) groups is 1. The van der Waals surface area contributed by atoms with Crippen LogP contribution in [0.25, 0.3) is 0 Å². The minimum atomic E-state index is -1.24. The Labute approximate surface area is 165 Å². The van der Waals surface area contributed by atoms with Gasteiger partial charge in [0.25, 0.3) is 5.91 Å². The molecule has 0 unspecified atom stereocenters. The van der Waals surface area contributed by atoms with Gasteiger partial charge in [0.05, 0.1) is 10.8 Å². The van der Waals surface area contributed by atoms with Crippen molar-refractivity contribution < 1.29 is 28.7 Å². The lowest BCUT2D eigenvalue weighted by Gasteiger charge is -2.15. The van der Waals surface area contributed by atoms with Gasteiger partial charge in [-0.25, -0.2) is 19.4 Å². The molecule has 0 bridgehead atoms. The number of carbonyl (C=O) groups is 5. The van der Waals surface area contributed by atoms with Gasteiger partial charge in [-0.2, -0.15) is 0 Å². The first-order valence-electron chi connectivity index (χ1n) is 8.07. The van der Waals surface area contributed by atoms with E-state index in [1.165, 1.54) is 46.3 Å². The number of hydrogen-bond donors (Lipinski definition) is 4. The minimum absolute atomic E-state index is 0.0340. The number of amides is 6. The molecule has 0 aliphatic heterocycles.